The minimum atomic E-state index is -4.43. The molecule has 0 atom stereocenters. The van der Waals surface area contributed by atoms with Gasteiger partial charge in [-0.3, -0.25) is 4.79 Å². The van der Waals surface area contributed by atoms with Crippen LogP contribution in [-0.4, -0.2) is 43.3 Å². The Morgan fingerprint density at radius 2 is 1.80 bits per heavy atom. The molecule has 4 nitrogen and oxygen atoms in total. The van der Waals surface area contributed by atoms with Crippen molar-refractivity contribution in [2.24, 2.45) is 0 Å². The molecule has 0 heterocycles. The number of rotatable bonds is 10. The first-order chi connectivity index (χ1) is 11.8. The van der Waals surface area contributed by atoms with Gasteiger partial charge in [-0.15, -0.1) is 0 Å². The summed E-state index contributed by atoms with van der Waals surface area (Å²) in [6.45, 7) is 5.27. The van der Waals surface area contributed by atoms with Gasteiger partial charge in [-0.05, 0) is 38.0 Å². The van der Waals surface area contributed by atoms with Crippen molar-refractivity contribution < 1.29 is 27.4 Å². The number of alkyl halides is 3. The molecule has 0 aliphatic carbocycles. The monoisotopic (exact) mass is 361 g/mol. The van der Waals surface area contributed by atoms with E-state index in [1.807, 2.05) is 13.8 Å². The molecule has 0 radical (unpaired) electrons. The first-order valence-corrected chi connectivity index (χ1v) is 8.58. The van der Waals surface area contributed by atoms with Crippen molar-refractivity contribution in [2.75, 3.05) is 26.3 Å². The summed E-state index contributed by atoms with van der Waals surface area (Å²) in [6, 6.07) is 4.50. The number of benzene rings is 1. The van der Waals surface area contributed by atoms with Crippen molar-refractivity contribution in [1.29, 1.82) is 0 Å². The fourth-order valence-electron chi connectivity index (χ4n) is 2.24. The molecule has 7 heteroatoms. The van der Waals surface area contributed by atoms with Crippen LogP contribution in [0.3, 0.4) is 0 Å². The van der Waals surface area contributed by atoms with E-state index in [0.29, 0.717) is 37.6 Å². The zero-order chi connectivity index (χ0) is 18.9. The number of amides is 1. The average Bonchev–Trinajstić information content (AvgIpc) is 2.56. The summed E-state index contributed by atoms with van der Waals surface area (Å²) < 4.78 is 49.3. The van der Waals surface area contributed by atoms with E-state index in [-0.39, 0.29) is 12.1 Å². The highest BCUT2D eigenvalue weighted by atomic mass is 19.4. The molecule has 0 bridgehead atoms. The molecule has 142 valence electrons. The first-order valence-electron chi connectivity index (χ1n) is 8.58. The van der Waals surface area contributed by atoms with Crippen LogP contribution in [0.2, 0.25) is 0 Å². The molecule has 0 aromatic heterocycles. The van der Waals surface area contributed by atoms with Gasteiger partial charge in [0.1, 0.15) is 6.54 Å². The van der Waals surface area contributed by atoms with Crippen molar-refractivity contribution in [3.63, 3.8) is 0 Å². The quantitative estimate of drug-likeness (QED) is 0.607. The lowest BCUT2D eigenvalue weighted by atomic mass is 10.1. The third-order valence-corrected chi connectivity index (χ3v) is 3.39. The van der Waals surface area contributed by atoms with Crippen LogP contribution >= 0.6 is 0 Å². The molecule has 0 spiro atoms. The van der Waals surface area contributed by atoms with E-state index in [1.54, 1.807) is 13.0 Å². The van der Waals surface area contributed by atoms with Gasteiger partial charge in [-0.2, -0.15) is 13.2 Å². The Kier molecular flexibility index (Phi) is 8.58. The van der Waals surface area contributed by atoms with Crippen molar-refractivity contribution in [1.82, 2.24) is 4.90 Å². The van der Waals surface area contributed by atoms with E-state index in [0.717, 1.165) is 11.3 Å². The number of hydrogen-bond acceptors (Lipinski definition) is 3. The Morgan fingerprint density at radius 3 is 2.36 bits per heavy atom. The molecule has 25 heavy (non-hydrogen) atoms. The molecule has 1 rings (SSSR count). The Hall–Kier alpha value is -1.92. The second-order valence-corrected chi connectivity index (χ2v) is 5.64. The number of carbonyl (C=O) groups is 1. The van der Waals surface area contributed by atoms with Gasteiger partial charge in [0.2, 0.25) is 0 Å². The standard InChI is InChI=1S/C18H26F3NO3/c1-4-7-10-22(13-18(19,20)21)17(23)14-8-9-15(25-11-5-2)16(12-14)24-6-3/h8-9,12H,4-7,10-11,13H2,1-3H3. The maximum Gasteiger partial charge on any atom is 0.406 e. The number of halogens is 3. The number of ether oxygens (including phenoxy) is 2. The van der Waals surface area contributed by atoms with E-state index >= 15 is 0 Å². The lowest BCUT2D eigenvalue weighted by Crippen LogP contribution is -2.39. The van der Waals surface area contributed by atoms with Crippen LogP contribution in [-0.2, 0) is 0 Å². The SMILES string of the molecule is CCCCN(CC(F)(F)F)C(=O)c1ccc(OCCC)c(OCC)c1. The molecule has 0 saturated carbocycles. The van der Waals surface area contributed by atoms with E-state index in [4.69, 9.17) is 9.47 Å². The smallest absolute Gasteiger partial charge is 0.406 e. The molecular formula is C18H26F3NO3. The summed E-state index contributed by atoms with van der Waals surface area (Å²) in [7, 11) is 0. The molecule has 0 aliphatic rings. The zero-order valence-corrected chi connectivity index (χ0v) is 15.0. The van der Waals surface area contributed by atoms with Crippen molar-refractivity contribution >= 4 is 5.91 Å². The molecule has 0 unspecified atom stereocenters. The van der Waals surface area contributed by atoms with E-state index in [9.17, 15) is 18.0 Å². The predicted molar refractivity (Wildman–Crippen MR) is 90.3 cm³/mol. The molecule has 1 aromatic carbocycles. The zero-order valence-electron chi connectivity index (χ0n) is 15.0. The second-order valence-electron chi connectivity index (χ2n) is 5.64. The predicted octanol–water partition coefficient (Wildman–Crippen LogP) is 4.68. The molecule has 0 N–H and O–H groups in total. The van der Waals surface area contributed by atoms with E-state index in [1.165, 1.54) is 12.1 Å². The third-order valence-electron chi connectivity index (χ3n) is 3.39. The van der Waals surface area contributed by atoms with E-state index in [2.05, 4.69) is 0 Å². The topological polar surface area (TPSA) is 38.8 Å². The van der Waals surface area contributed by atoms with Crippen molar-refractivity contribution in [3.8, 4) is 11.5 Å². The molecule has 0 aliphatic heterocycles. The maximum atomic E-state index is 12.8. The van der Waals surface area contributed by atoms with Gasteiger partial charge in [-0.1, -0.05) is 20.3 Å². The highest BCUT2D eigenvalue weighted by Crippen LogP contribution is 2.29. The number of unbranched alkanes of at least 4 members (excludes halogenated alkanes) is 1. The third kappa shape index (κ3) is 7.23. The van der Waals surface area contributed by atoms with Crippen LogP contribution in [0.5, 0.6) is 11.5 Å². The van der Waals surface area contributed by atoms with Gasteiger partial charge >= 0.3 is 6.18 Å². The first kappa shape index (κ1) is 21.1. The van der Waals surface area contributed by atoms with Crippen LogP contribution in [0.15, 0.2) is 18.2 Å². The summed E-state index contributed by atoms with van der Waals surface area (Å²) in [5, 5.41) is 0. The summed E-state index contributed by atoms with van der Waals surface area (Å²) >= 11 is 0. The molecule has 1 aromatic rings. The molecule has 0 saturated heterocycles. The molecule has 1 amide bonds. The Labute approximate surface area is 146 Å². The van der Waals surface area contributed by atoms with Crippen LogP contribution < -0.4 is 9.47 Å². The summed E-state index contributed by atoms with van der Waals surface area (Å²) in [5.74, 6) is 0.189. The fraction of sp³-hybridized carbons (Fsp3) is 0.611. The Bertz CT molecular complexity index is 547. The number of nitrogens with zero attached hydrogens (tertiary/aromatic N) is 1. The van der Waals surface area contributed by atoms with Crippen molar-refractivity contribution in [2.45, 2.75) is 46.2 Å². The highest BCUT2D eigenvalue weighted by Gasteiger charge is 2.33. The Morgan fingerprint density at radius 1 is 1.08 bits per heavy atom. The van der Waals surface area contributed by atoms with Crippen LogP contribution in [0.1, 0.15) is 50.4 Å². The normalized spacial score (nSPS) is 11.3. The lowest BCUT2D eigenvalue weighted by molar-refractivity contribution is -0.140. The number of carbonyl (C=O) groups excluding carboxylic acids is 1. The summed E-state index contributed by atoms with van der Waals surface area (Å²) in [4.78, 5) is 13.4. The van der Waals surface area contributed by atoms with Gasteiger partial charge in [0.15, 0.2) is 11.5 Å². The largest absolute Gasteiger partial charge is 0.490 e. The fourth-order valence-corrected chi connectivity index (χ4v) is 2.24. The number of hydrogen-bond donors (Lipinski definition) is 0. The van der Waals surface area contributed by atoms with Gasteiger partial charge in [0, 0.05) is 12.1 Å². The minimum Gasteiger partial charge on any atom is -0.490 e. The average molecular weight is 361 g/mol. The Balaban J connectivity index is 3.04. The van der Waals surface area contributed by atoms with Crippen LogP contribution in [0.25, 0.3) is 0 Å². The van der Waals surface area contributed by atoms with Crippen molar-refractivity contribution in [3.05, 3.63) is 23.8 Å². The molecule has 0 fully saturated rings. The van der Waals surface area contributed by atoms with Gasteiger partial charge < -0.3 is 14.4 Å². The summed E-state index contributed by atoms with van der Waals surface area (Å²) in [6.07, 6.45) is -2.41. The lowest BCUT2D eigenvalue weighted by Gasteiger charge is -2.24. The molecular weight excluding hydrogens is 335 g/mol. The van der Waals surface area contributed by atoms with Gasteiger partial charge in [0.05, 0.1) is 13.2 Å². The van der Waals surface area contributed by atoms with E-state index < -0.39 is 18.6 Å². The van der Waals surface area contributed by atoms with Gasteiger partial charge in [0.25, 0.3) is 5.91 Å². The van der Waals surface area contributed by atoms with Gasteiger partial charge in [-0.25, -0.2) is 0 Å². The second kappa shape index (κ2) is 10.2. The maximum absolute atomic E-state index is 12.8. The minimum absolute atomic E-state index is 0.0624. The van der Waals surface area contributed by atoms with Crippen LogP contribution in [0.4, 0.5) is 13.2 Å². The highest BCUT2D eigenvalue weighted by molar-refractivity contribution is 5.95. The van der Waals surface area contributed by atoms with Crippen LogP contribution in [0, 0.1) is 0 Å². The summed E-state index contributed by atoms with van der Waals surface area (Å²) in [5.41, 5.74) is 0.160.